The van der Waals surface area contributed by atoms with Gasteiger partial charge in [0.05, 0.1) is 16.5 Å². The van der Waals surface area contributed by atoms with Crippen LogP contribution in [0.15, 0.2) is 58.6 Å². The molecule has 2 aromatic rings. The van der Waals surface area contributed by atoms with Gasteiger partial charge in [-0.2, -0.15) is 8.42 Å². The van der Waals surface area contributed by atoms with Crippen molar-refractivity contribution in [2.75, 3.05) is 17.2 Å². The third kappa shape index (κ3) is 3.98. The third-order valence-corrected chi connectivity index (χ3v) is 5.70. The number of thioether (sulfide) groups is 1. The second-order valence-corrected chi connectivity index (χ2v) is 8.21. The number of hydrogen-bond acceptors (Lipinski definition) is 4. The number of rotatable bonds is 5. The van der Waals surface area contributed by atoms with E-state index in [1.165, 1.54) is 0 Å². The molecule has 0 unspecified atom stereocenters. The van der Waals surface area contributed by atoms with Crippen LogP contribution >= 0.6 is 11.8 Å². The first kappa shape index (κ1) is 17.0. The van der Waals surface area contributed by atoms with Gasteiger partial charge in [0.2, 0.25) is 5.69 Å². The van der Waals surface area contributed by atoms with E-state index in [2.05, 4.69) is 17.0 Å². The van der Waals surface area contributed by atoms with E-state index in [1.807, 2.05) is 54.2 Å². The summed E-state index contributed by atoms with van der Waals surface area (Å²) in [4.78, 5) is 3.26. The van der Waals surface area contributed by atoms with Crippen LogP contribution in [-0.2, 0) is 17.2 Å². The van der Waals surface area contributed by atoms with Gasteiger partial charge in [-0.15, -0.1) is 0 Å². The Labute approximate surface area is 146 Å². The van der Waals surface area contributed by atoms with Gasteiger partial charge in [-0.1, -0.05) is 23.9 Å². The highest BCUT2D eigenvalue weighted by atomic mass is 32.2. The Morgan fingerprint density at radius 2 is 1.96 bits per heavy atom. The summed E-state index contributed by atoms with van der Waals surface area (Å²) in [7, 11) is -1.95. The van der Waals surface area contributed by atoms with Crippen molar-refractivity contribution >= 4 is 33.6 Å². The normalized spacial score (nSPS) is 15.8. The van der Waals surface area contributed by atoms with Crippen LogP contribution in [0.1, 0.15) is 12.1 Å². The van der Waals surface area contributed by atoms with Crippen molar-refractivity contribution in [1.29, 1.82) is 0 Å². The molecule has 0 saturated heterocycles. The van der Waals surface area contributed by atoms with Crippen LogP contribution in [0.25, 0.3) is 6.08 Å². The number of benzene rings is 1. The van der Waals surface area contributed by atoms with Gasteiger partial charge in [-0.05, 0) is 24.6 Å². The van der Waals surface area contributed by atoms with E-state index in [1.54, 1.807) is 11.8 Å². The van der Waals surface area contributed by atoms with Gasteiger partial charge >= 0.3 is 0 Å². The number of anilines is 1. The first-order valence-corrected chi connectivity index (χ1v) is 10.0. The predicted molar refractivity (Wildman–Crippen MR) is 96.3 cm³/mol. The monoisotopic (exact) mass is 363 g/mol. The maximum Gasteiger partial charge on any atom is 0.264 e. The molecule has 0 amide bonds. The summed E-state index contributed by atoms with van der Waals surface area (Å²) in [6, 6.07) is 14.1. The molecule has 0 fully saturated rings. The summed E-state index contributed by atoms with van der Waals surface area (Å²) < 4.78 is 33.0. The quantitative estimate of drug-likeness (QED) is 0.654. The van der Waals surface area contributed by atoms with Crippen LogP contribution in [0.3, 0.4) is 0 Å². The minimum absolute atomic E-state index is 0.233. The summed E-state index contributed by atoms with van der Waals surface area (Å²) in [5.74, 6) is -0.233. The molecule has 2 heterocycles. The van der Waals surface area contributed by atoms with Gasteiger partial charge in [0, 0.05) is 29.6 Å². The summed E-state index contributed by atoms with van der Waals surface area (Å²) in [5, 5.41) is 1.05. The first-order chi connectivity index (χ1) is 11.4. The minimum atomic E-state index is -3.93. The molecule has 0 saturated carbocycles. The Kier molecular flexibility index (Phi) is 4.93. The Hall–Kier alpha value is -1.83. The second kappa shape index (κ2) is 6.96. The van der Waals surface area contributed by atoms with Crippen LogP contribution in [0.2, 0.25) is 0 Å². The lowest BCUT2D eigenvalue weighted by atomic mass is 10.2. The molecule has 1 aliphatic heterocycles. The van der Waals surface area contributed by atoms with Gasteiger partial charge in [-0.25, -0.2) is 4.57 Å². The summed E-state index contributed by atoms with van der Waals surface area (Å²) >= 11 is 1.67. The second-order valence-electron chi connectivity index (χ2n) is 5.58. The summed E-state index contributed by atoms with van der Waals surface area (Å²) in [6.45, 7) is 0.534. The van der Waals surface area contributed by atoms with Crippen molar-refractivity contribution in [2.24, 2.45) is 7.05 Å². The van der Waals surface area contributed by atoms with Crippen LogP contribution in [0.5, 0.6) is 0 Å². The molecule has 1 aliphatic rings. The maximum atomic E-state index is 11.0. The highest BCUT2D eigenvalue weighted by molar-refractivity contribution is 8.03. The van der Waals surface area contributed by atoms with Gasteiger partial charge in [0.25, 0.3) is 10.1 Å². The minimum Gasteiger partial charge on any atom is -0.335 e. The Balaban J connectivity index is 1.89. The molecule has 0 radical (unpaired) electrons. The summed E-state index contributed by atoms with van der Waals surface area (Å²) in [6.07, 6.45) is 4.45. The Morgan fingerprint density at radius 1 is 1.21 bits per heavy atom. The number of aryl methyl sites for hydroxylation is 1. The van der Waals surface area contributed by atoms with E-state index in [-0.39, 0.29) is 5.75 Å². The lowest BCUT2D eigenvalue weighted by Gasteiger charge is -2.19. The average molecular weight is 363 g/mol. The highest BCUT2D eigenvalue weighted by Crippen LogP contribution is 2.46. The smallest absolute Gasteiger partial charge is 0.264 e. The van der Waals surface area contributed by atoms with Crippen molar-refractivity contribution in [2.45, 2.75) is 11.3 Å². The van der Waals surface area contributed by atoms with Crippen molar-refractivity contribution in [3.63, 3.8) is 0 Å². The zero-order chi connectivity index (χ0) is 17.2. The number of aromatic nitrogens is 1. The Morgan fingerprint density at radius 3 is 2.71 bits per heavy atom. The van der Waals surface area contributed by atoms with E-state index in [0.29, 0.717) is 13.0 Å². The largest absolute Gasteiger partial charge is 0.335 e. The van der Waals surface area contributed by atoms with Crippen LogP contribution < -0.4 is 9.47 Å². The highest BCUT2D eigenvalue weighted by Gasteiger charge is 2.25. The third-order valence-electron chi connectivity index (χ3n) is 3.79. The van der Waals surface area contributed by atoms with Crippen LogP contribution in [0, 0.1) is 0 Å². The molecule has 1 aromatic carbocycles. The molecule has 3 rings (SSSR count). The zero-order valence-corrected chi connectivity index (χ0v) is 14.9. The molecule has 0 atom stereocenters. The lowest BCUT2D eigenvalue weighted by Crippen LogP contribution is -2.31. The van der Waals surface area contributed by atoms with Crippen molar-refractivity contribution < 1.29 is 17.5 Å². The standard InChI is InChI=1S/C17H18N2O3S2/c1-18-10-5-4-7-14(18)13-17-19(11-6-12-24(20,21)22)15-8-2-3-9-16(15)23-17/h2-5,7-10,13H,6,11-12H2,1H3/p+1. The fourth-order valence-electron chi connectivity index (χ4n) is 2.61. The molecular weight excluding hydrogens is 344 g/mol. The van der Waals surface area contributed by atoms with E-state index < -0.39 is 10.1 Å². The fourth-order valence-corrected chi connectivity index (χ4v) is 4.24. The van der Waals surface area contributed by atoms with E-state index >= 15 is 0 Å². The molecule has 0 aliphatic carbocycles. The molecule has 0 spiro atoms. The van der Waals surface area contributed by atoms with E-state index in [4.69, 9.17) is 4.55 Å². The van der Waals surface area contributed by atoms with E-state index in [9.17, 15) is 8.42 Å². The lowest BCUT2D eigenvalue weighted by molar-refractivity contribution is -0.673. The molecule has 5 nitrogen and oxygen atoms in total. The molecular formula is C17H19N2O3S2+. The molecule has 1 aromatic heterocycles. The fraction of sp³-hybridized carbons (Fsp3) is 0.235. The van der Waals surface area contributed by atoms with Gasteiger partial charge in [-0.3, -0.25) is 4.55 Å². The first-order valence-electron chi connectivity index (χ1n) is 7.60. The number of para-hydroxylation sites is 1. The number of hydrogen-bond donors (Lipinski definition) is 1. The molecule has 7 heteroatoms. The van der Waals surface area contributed by atoms with E-state index in [0.717, 1.165) is 21.3 Å². The summed E-state index contributed by atoms with van der Waals surface area (Å²) in [5.41, 5.74) is 2.13. The van der Waals surface area contributed by atoms with Gasteiger partial charge in [0.1, 0.15) is 7.05 Å². The van der Waals surface area contributed by atoms with Crippen molar-refractivity contribution in [1.82, 2.24) is 0 Å². The van der Waals surface area contributed by atoms with Crippen molar-refractivity contribution in [3.8, 4) is 0 Å². The molecule has 1 N–H and O–H groups in total. The number of nitrogens with zero attached hydrogens (tertiary/aromatic N) is 2. The number of pyridine rings is 1. The molecule has 126 valence electrons. The SMILES string of the molecule is C[n+]1ccccc1C=C1Sc2ccccc2N1CCCS(=O)(=O)O. The van der Waals surface area contributed by atoms with Crippen LogP contribution in [-0.4, -0.2) is 25.3 Å². The zero-order valence-electron chi connectivity index (χ0n) is 13.3. The topological polar surface area (TPSA) is 61.5 Å². The van der Waals surface area contributed by atoms with Gasteiger partial charge in [0.15, 0.2) is 6.20 Å². The molecule has 0 bridgehead atoms. The Bertz CT molecular complexity index is 879. The van der Waals surface area contributed by atoms with Gasteiger partial charge < -0.3 is 4.90 Å². The predicted octanol–water partition coefficient (Wildman–Crippen LogP) is 2.70. The number of fused-ring (bicyclic) bond motifs is 1. The maximum absolute atomic E-state index is 11.0. The van der Waals surface area contributed by atoms with Crippen molar-refractivity contribution in [3.05, 3.63) is 59.4 Å². The van der Waals surface area contributed by atoms with Crippen LogP contribution in [0.4, 0.5) is 5.69 Å². The molecule has 24 heavy (non-hydrogen) atoms. The average Bonchev–Trinajstić information content (AvgIpc) is 2.86.